The molecule has 28 heavy (non-hydrogen) atoms. The van der Waals surface area contributed by atoms with Crippen LogP contribution >= 0.6 is 0 Å². The summed E-state index contributed by atoms with van der Waals surface area (Å²) in [5.74, 6) is -0.259. The number of hydrogen-bond acceptors (Lipinski definition) is 3. The number of amides is 2. The maximum Gasteiger partial charge on any atom is 0.238 e. The number of likely N-dealkylation sites (tertiary alicyclic amines) is 1. The average Bonchev–Trinajstić information content (AvgIpc) is 3.32. The van der Waals surface area contributed by atoms with Gasteiger partial charge in [0.05, 0.1) is 17.9 Å². The highest BCUT2D eigenvalue weighted by Gasteiger charge is 2.28. The molecule has 6 heteroatoms. The molecule has 2 aliphatic rings. The van der Waals surface area contributed by atoms with Gasteiger partial charge in [0.15, 0.2) is 0 Å². The fraction of sp³-hybridized carbons (Fsp3) is 0.364. The van der Waals surface area contributed by atoms with Crippen LogP contribution in [0.4, 0.5) is 15.8 Å². The average molecular weight is 381 g/mol. The first-order valence-electron chi connectivity index (χ1n) is 9.80. The number of anilines is 2. The number of carbonyl (C=O) groups excluding carboxylic acids is 2. The minimum absolute atomic E-state index is 0.0950. The van der Waals surface area contributed by atoms with Gasteiger partial charge in [-0.25, -0.2) is 4.39 Å². The lowest BCUT2D eigenvalue weighted by atomic mass is 10.0. The molecule has 2 heterocycles. The molecule has 0 aromatic heterocycles. The van der Waals surface area contributed by atoms with Crippen molar-refractivity contribution in [3.8, 4) is 0 Å². The lowest BCUT2D eigenvalue weighted by molar-refractivity contribution is -0.118. The summed E-state index contributed by atoms with van der Waals surface area (Å²) in [6, 6.07) is 14.1. The number of rotatable bonds is 5. The molecule has 0 spiro atoms. The molecule has 4 rings (SSSR count). The minimum atomic E-state index is -0.251. The van der Waals surface area contributed by atoms with E-state index in [-0.39, 0.29) is 30.2 Å². The Labute approximate surface area is 164 Å². The van der Waals surface area contributed by atoms with Crippen molar-refractivity contribution in [2.24, 2.45) is 0 Å². The number of para-hydroxylation sites is 2. The summed E-state index contributed by atoms with van der Waals surface area (Å²) in [6.07, 6.45) is 3.36. The Morgan fingerprint density at radius 2 is 1.86 bits per heavy atom. The molecule has 1 atom stereocenters. The van der Waals surface area contributed by atoms with Gasteiger partial charge in [-0.15, -0.1) is 0 Å². The third kappa shape index (κ3) is 3.92. The van der Waals surface area contributed by atoms with Crippen molar-refractivity contribution in [1.29, 1.82) is 0 Å². The molecule has 2 aliphatic heterocycles. The van der Waals surface area contributed by atoms with Crippen LogP contribution < -0.4 is 10.2 Å². The molecular formula is C22H24FN3O2. The second kappa shape index (κ2) is 8.10. The van der Waals surface area contributed by atoms with Crippen molar-refractivity contribution in [2.45, 2.75) is 31.7 Å². The quantitative estimate of drug-likeness (QED) is 0.859. The van der Waals surface area contributed by atoms with Crippen molar-refractivity contribution >= 4 is 23.2 Å². The van der Waals surface area contributed by atoms with E-state index >= 15 is 0 Å². The first-order valence-corrected chi connectivity index (χ1v) is 9.80. The predicted molar refractivity (Wildman–Crippen MR) is 107 cm³/mol. The summed E-state index contributed by atoms with van der Waals surface area (Å²) >= 11 is 0. The Bertz CT molecular complexity index is 868. The molecule has 0 bridgehead atoms. The van der Waals surface area contributed by atoms with Crippen molar-refractivity contribution in [1.82, 2.24) is 4.90 Å². The highest BCUT2D eigenvalue weighted by atomic mass is 19.1. The number of halogens is 1. The molecule has 146 valence electrons. The van der Waals surface area contributed by atoms with Gasteiger partial charge in [0.2, 0.25) is 11.8 Å². The SMILES string of the molecule is O=C(CN1CCCC1c1ccc(F)cc1)Nc1ccccc1N1CCCC1=O. The van der Waals surface area contributed by atoms with Gasteiger partial charge in [-0.3, -0.25) is 14.5 Å². The van der Waals surface area contributed by atoms with Gasteiger partial charge < -0.3 is 10.2 Å². The molecule has 0 aliphatic carbocycles. The molecule has 5 nitrogen and oxygen atoms in total. The van der Waals surface area contributed by atoms with E-state index in [0.29, 0.717) is 18.7 Å². The van der Waals surface area contributed by atoms with Crippen LogP contribution in [0.1, 0.15) is 37.3 Å². The summed E-state index contributed by atoms with van der Waals surface area (Å²) in [4.78, 5) is 28.7. The molecular weight excluding hydrogens is 357 g/mol. The fourth-order valence-electron chi connectivity index (χ4n) is 4.17. The summed E-state index contributed by atoms with van der Waals surface area (Å²) in [5, 5.41) is 2.98. The van der Waals surface area contributed by atoms with Crippen LogP contribution in [0.3, 0.4) is 0 Å². The predicted octanol–water partition coefficient (Wildman–Crippen LogP) is 3.73. The van der Waals surface area contributed by atoms with E-state index in [0.717, 1.165) is 37.1 Å². The van der Waals surface area contributed by atoms with Gasteiger partial charge >= 0.3 is 0 Å². The molecule has 0 radical (unpaired) electrons. The second-order valence-corrected chi connectivity index (χ2v) is 7.39. The van der Waals surface area contributed by atoms with Crippen LogP contribution in [0.2, 0.25) is 0 Å². The van der Waals surface area contributed by atoms with Gasteiger partial charge in [0.1, 0.15) is 5.82 Å². The Morgan fingerprint density at radius 3 is 2.61 bits per heavy atom. The lowest BCUT2D eigenvalue weighted by Gasteiger charge is -2.25. The van der Waals surface area contributed by atoms with Crippen LogP contribution in [0.5, 0.6) is 0 Å². The van der Waals surface area contributed by atoms with Crippen LogP contribution in [0, 0.1) is 5.82 Å². The lowest BCUT2D eigenvalue weighted by Crippen LogP contribution is -2.33. The fourth-order valence-corrected chi connectivity index (χ4v) is 4.17. The topological polar surface area (TPSA) is 52.7 Å². The number of nitrogens with zero attached hydrogens (tertiary/aromatic N) is 2. The first-order chi connectivity index (χ1) is 13.6. The van der Waals surface area contributed by atoms with E-state index in [1.165, 1.54) is 12.1 Å². The Balaban J connectivity index is 1.45. The van der Waals surface area contributed by atoms with E-state index in [9.17, 15) is 14.0 Å². The molecule has 2 fully saturated rings. The Hall–Kier alpha value is -2.73. The van der Waals surface area contributed by atoms with E-state index in [4.69, 9.17) is 0 Å². The minimum Gasteiger partial charge on any atom is -0.323 e. The number of carbonyl (C=O) groups is 2. The number of hydrogen-bond donors (Lipinski definition) is 1. The second-order valence-electron chi connectivity index (χ2n) is 7.39. The molecule has 1 N–H and O–H groups in total. The summed E-state index contributed by atoms with van der Waals surface area (Å²) in [6.45, 7) is 1.79. The third-order valence-electron chi connectivity index (χ3n) is 5.51. The van der Waals surface area contributed by atoms with Crippen LogP contribution in [-0.2, 0) is 9.59 Å². The zero-order valence-electron chi connectivity index (χ0n) is 15.7. The van der Waals surface area contributed by atoms with Gasteiger partial charge in [0, 0.05) is 19.0 Å². The number of nitrogens with one attached hydrogen (secondary N) is 1. The largest absolute Gasteiger partial charge is 0.323 e. The molecule has 2 amide bonds. The summed E-state index contributed by atoms with van der Waals surface area (Å²) < 4.78 is 13.2. The van der Waals surface area contributed by atoms with E-state index in [2.05, 4.69) is 10.2 Å². The van der Waals surface area contributed by atoms with Crippen molar-refractivity contribution < 1.29 is 14.0 Å². The Kier molecular flexibility index (Phi) is 5.39. The maximum atomic E-state index is 13.2. The molecule has 2 saturated heterocycles. The van der Waals surface area contributed by atoms with Crippen LogP contribution in [-0.4, -0.2) is 36.3 Å². The summed E-state index contributed by atoms with van der Waals surface area (Å²) in [5.41, 5.74) is 2.46. The normalized spacial score (nSPS) is 20.0. The molecule has 2 aromatic rings. The van der Waals surface area contributed by atoms with E-state index < -0.39 is 0 Å². The molecule has 1 unspecified atom stereocenters. The highest BCUT2D eigenvalue weighted by molar-refractivity contribution is 6.02. The Morgan fingerprint density at radius 1 is 1.07 bits per heavy atom. The zero-order valence-corrected chi connectivity index (χ0v) is 15.7. The van der Waals surface area contributed by atoms with Crippen molar-refractivity contribution in [3.05, 3.63) is 59.9 Å². The first kappa shape index (κ1) is 18.6. The standard InChI is InChI=1S/C22H24FN3O2/c23-17-11-9-16(10-12-17)19-7-3-13-25(19)15-21(27)24-18-5-1-2-6-20(18)26-14-4-8-22(26)28/h1-2,5-6,9-12,19H,3-4,7-8,13-15H2,(H,24,27). The maximum absolute atomic E-state index is 13.2. The smallest absolute Gasteiger partial charge is 0.238 e. The van der Waals surface area contributed by atoms with Gasteiger partial charge in [-0.1, -0.05) is 24.3 Å². The van der Waals surface area contributed by atoms with Crippen LogP contribution in [0.25, 0.3) is 0 Å². The van der Waals surface area contributed by atoms with Gasteiger partial charge in [-0.05, 0) is 55.6 Å². The van der Waals surface area contributed by atoms with Gasteiger partial charge in [0.25, 0.3) is 0 Å². The van der Waals surface area contributed by atoms with Crippen molar-refractivity contribution in [2.75, 3.05) is 29.9 Å². The molecule has 0 saturated carbocycles. The number of benzene rings is 2. The molecule has 2 aromatic carbocycles. The van der Waals surface area contributed by atoms with Crippen molar-refractivity contribution in [3.63, 3.8) is 0 Å². The summed E-state index contributed by atoms with van der Waals surface area (Å²) in [7, 11) is 0. The van der Waals surface area contributed by atoms with Crippen LogP contribution in [0.15, 0.2) is 48.5 Å². The van der Waals surface area contributed by atoms with Gasteiger partial charge in [-0.2, -0.15) is 0 Å². The van der Waals surface area contributed by atoms with E-state index in [1.54, 1.807) is 17.0 Å². The monoisotopic (exact) mass is 381 g/mol. The van der Waals surface area contributed by atoms with E-state index in [1.807, 2.05) is 24.3 Å². The zero-order chi connectivity index (χ0) is 19.5. The third-order valence-corrected chi connectivity index (χ3v) is 5.51. The highest BCUT2D eigenvalue weighted by Crippen LogP contribution is 2.32.